The zero-order valence-corrected chi connectivity index (χ0v) is 15.3. The van der Waals surface area contributed by atoms with Crippen molar-refractivity contribution < 1.29 is 9.53 Å². The molecule has 3 nitrogen and oxygen atoms in total. The predicted octanol–water partition coefficient (Wildman–Crippen LogP) is 4.72. The molecule has 128 valence electrons. The SMILES string of the molecule is Cc1ccc(SCCNC(=O)CCCOc2ccc(Cl)cc2)cc1. The predicted molar refractivity (Wildman–Crippen MR) is 101 cm³/mol. The first-order valence-electron chi connectivity index (χ1n) is 7.98. The first kappa shape index (κ1) is 18.7. The smallest absolute Gasteiger partial charge is 0.220 e. The van der Waals surface area contributed by atoms with Crippen LogP contribution in [0.3, 0.4) is 0 Å². The lowest BCUT2D eigenvalue weighted by atomic mass is 10.2. The number of amides is 1. The first-order chi connectivity index (χ1) is 11.6. The van der Waals surface area contributed by atoms with E-state index >= 15 is 0 Å². The first-order valence-corrected chi connectivity index (χ1v) is 9.34. The van der Waals surface area contributed by atoms with Crippen LogP contribution in [0.5, 0.6) is 5.75 Å². The molecule has 0 aliphatic heterocycles. The van der Waals surface area contributed by atoms with E-state index in [0.29, 0.717) is 31.0 Å². The maximum absolute atomic E-state index is 11.8. The van der Waals surface area contributed by atoms with Gasteiger partial charge in [0.15, 0.2) is 0 Å². The second-order valence-corrected chi connectivity index (χ2v) is 7.02. The van der Waals surface area contributed by atoms with Gasteiger partial charge in [-0.05, 0) is 49.7 Å². The molecule has 0 aliphatic carbocycles. The van der Waals surface area contributed by atoms with E-state index in [4.69, 9.17) is 16.3 Å². The van der Waals surface area contributed by atoms with Crippen LogP contribution in [0, 0.1) is 6.92 Å². The quantitative estimate of drug-likeness (QED) is 0.517. The van der Waals surface area contributed by atoms with Gasteiger partial charge >= 0.3 is 0 Å². The van der Waals surface area contributed by atoms with E-state index in [1.165, 1.54) is 10.5 Å². The number of nitrogens with one attached hydrogen (secondary N) is 1. The number of rotatable bonds is 9. The van der Waals surface area contributed by atoms with E-state index in [1.807, 2.05) is 12.1 Å². The molecule has 2 aromatic carbocycles. The Kier molecular flexibility index (Phi) is 7.99. The summed E-state index contributed by atoms with van der Waals surface area (Å²) < 4.78 is 5.56. The summed E-state index contributed by atoms with van der Waals surface area (Å²) in [5, 5.41) is 3.62. The van der Waals surface area contributed by atoms with E-state index in [1.54, 1.807) is 23.9 Å². The van der Waals surface area contributed by atoms with Gasteiger partial charge in [0.05, 0.1) is 6.61 Å². The highest BCUT2D eigenvalue weighted by atomic mass is 35.5. The largest absolute Gasteiger partial charge is 0.494 e. The average Bonchev–Trinajstić information content (AvgIpc) is 2.59. The molecule has 1 N–H and O–H groups in total. The molecule has 0 spiro atoms. The molecular weight excluding hydrogens is 342 g/mol. The average molecular weight is 364 g/mol. The van der Waals surface area contributed by atoms with Crippen LogP contribution >= 0.6 is 23.4 Å². The third kappa shape index (κ3) is 7.28. The van der Waals surface area contributed by atoms with Crippen molar-refractivity contribution in [3.63, 3.8) is 0 Å². The topological polar surface area (TPSA) is 38.3 Å². The van der Waals surface area contributed by atoms with Crippen LogP contribution in [0.4, 0.5) is 0 Å². The summed E-state index contributed by atoms with van der Waals surface area (Å²) in [6.07, 6.45) is 1.17. The van der Waals surface area contributed by atoms with Gasteiger partial charge in [0.1, 0.15) is 5.75 Å². The monoisotopic (exact) mass is 363 g/mol. The third-order valence-electron chi connectivity index (χ3n) is 3.34. The highest BCUT2D eigenvalue weighted by Gasteiger charge is 2.02. The molecule has 0 fully saturated rings. The number of halogens is 1. The fourth-order valence-corrected chi connectivity index (χ4v) is 2.93. The molecule has 0 aromatic heterocycles. The molecule has 0 saturated heterocycles. The van der Waals surface area contributed by atoms with Crippen molar-refractivity contribution in [3.05, 3.63) is 59.1 Å². The molecule has 2 aromatic rings. The van der Waals surface area contributed by atoms with Gasteiger partial charge in [-0.3, -0.25) is 4.79 Å². The molecule has 1 amide bonds. The summed E-state index contributed by atoms with van der Waals surface area (Å²) in [5.74, 6) is 1.71. The summed E-state index contributed by atoms with van der Waals surface area (Å²) >= 11 is 7.56. The molecule has 0 aliphatic rings. The van der Waals surface area contributed by atoms with Crippen LogP contribution in [0.25, 0.3) is 0 Å². The Morgan fingerprint density at radius 1 is 1.12 bits per heavy atom. The Labute approximate surface area is 152 Å². The fourth-order valence-electron chi connectivity index (χ4n) is 2.04. The molecule has 0 radical (unpaired) electrons. The molecule has 0 unspecified atom stereocenters. The van der Waals surface area contributed by atoms with Crippen LogP contribution in [0.1, 0.15) is 18.4 Å². The number of benzene rings is 2. The van der Waals surface area contributed by atoms with Crippen LogP contribution in [-0.4, -0.2) is 24.8 Å². The zero-order chi connectivity index (χ0) is 17.2. The van der Waals surface area contributed by atoms with Gasteiger partial charge in [-0.2, -0.15) is 0 Å². The third-order valence-corrected chi connectivity index (χ3v) is 4.61. The molecule has 2 rings (SSSR count). The van der Waals surface area contributed by atoms with Gasteiger partial charge in [-0.1, -0.05) is 29.3 Å². The molecule has 24 heavy (non-hydrogen) atoms. The van der Waals surface area contributed by atoms with Crippen molar-refractivity contribution in [1.29, 1.82) is 0 Å². The van der Waals surface area contributed by atoms with Gasteiger partial charge in [0.25, 0.3) is 0 Å². The summed E-state index contributed by atoms with van der Waals surface area (Å²) in [5.41, 5.74) is 1.26. The highest BCUT2D eigenvalue weighted by molar-refractivity contribution is 7.99. The minimum Gasteiger partial charge on any atom is -0.494 e. The maximum atomic E-state index is 11.8. The summed E-state index contributed by atoms with van der Waals surface area (Å²) in [6, 6.07) is 15.6. The second-order valence-electron chi connectivity index (χ2n) is 5.42. The second kappa shape index (κ2) is 10.3. The number of aryl methyl sites for hydroxylation is 1. The van der Waals surface area contributed by atoms with Crippen LogP contribution in [0.15, 0.2) is 53.4 Å². The van der Waals surface area contributed by atoms with Crippen molar-refractivity contribution in [3.8, 4) is 5.75 Å². The Balaban J connectivity index is 1.52. The lowest BCUT2D eigenvalue weighted by molar-refractivity contribution is -0.121. The van der Waals surface area contributed by atoms with E-state index in [2.05, 4.69) is 36.5 Å². The zero-order valence-electron chi connectivity index (χ0n) is 13.8. The Hall–Kier alpha value is -1.65. The van der Waals surface area contributed by atoms with E-state index in [0.717, 1.165) is 11.5 Å². The molecule has 0 bridgehead atoms. The molecule has 0 atom stereocenters. The molecule has 5 heteroatoms. The number of hydrogen-bond donors (Lipinski definition) is 1. The van der Waals surface area contributed by atoms with Crippen molar-refractivity contribution >= 4 is 29.3 Å². The maximum Gasteiger partial charge on any atom is 0.220 e. The lowest BCUT2D eigenvalue weighted by Crippen LogP contribution is -2.25. The minimum atomic E-state index is 0.0687. The number of thioether (sulfide) groups is 1. The summed E-state index contributed by atoms with van der Waals surface area (Å²) in [6.45, 7) is 3.27. The summed E-state index contributed by atoms with van der Waals surface area (Å²) in [7, 11) is 0. The fraction of sp³-hybridized carbons (Fsp3) is 0.316. The Bertz CT molecular complexity index is 573. The van der Waals surface area contributed by atoms with Crippen LogP contribution in [0.2, 0.25) is 5.02 Å². The number of carbonyl (C=O) groups is 1. The number of hydrogen-bond acceptors (Lipinski definition) is 3. The van der Waals surface area contributed by atoms with Crippen molar-refractivity contribution in [1.82, 2.24) is 5.32 Å². The Morgan fingerprint density at radius 2 is 1.83 bits per heavy atom. The van der Waals surface area contributed by atoms with Crippen LogP contribution < -0.4 is 10.1 Å². The molecule has 0 heterocycles. The minimum absolute atomic E-state index is 0.0687. The lowest BCUT2D eigenvalue weighted by Gasteiger charge is -2.07. The molecule has 0 saturated carbocycles. The van der Waals surface area contributed by atoms with Crippen LogP contribution in [-0.2, 0) is 4.79 Å². The van der Waals surface area contributed by atoms with Crippen molar-refractivity contribution in [2.24, 2.45) is 0 Å². The molecular formula is C19H22ClNO2S. The van der Waals surface area contributed by atoms with Gasteiger partial charge in [0.2, 0.25) is 5.91 Å². The van der Waals surface area contributed by atoms with Gasteiger partial charge < -0.3 is 10.1 Å². The standard InChI is InChI=1S/C19H22ClNO2S/c1-15-4-10-18(11-5-15)24-14-12-21-19(22)3-2-13-23-17-8-6-16(20)7-9-17/h4-11H,2-3,12-14H2,1H3,(H,21,22). The van der Waals surface area contributed by atoms with Crippen molar-refractivity contribution in [2.75, 3.05) is 18.9 Å². The Morgan fingerprint density at radius 3 is 2.54 bits per heavy atom. The highest BCUT2D eigenvalue weighted by Crippen LogP contribution is 2.17. The van der Waals surface area contributed by atoms with Gasteiger partial charge in [-0.25, -0.2) is 0 Å². The summed E-state index contributed by atoms with van der Waals surface area (Å²) in [4.78, 5) is 13.0. The normalized spacial score (nSPS) is 10.4. The van der Waals surface area contributed by atoms with E-state index in [9.17, 15) is 4.79 Å². The number of ether oxygens (including phenoxy) is 1. The van der Waals surface area contributed by atoms with Gasteiger partial charge in [-0.15, -0.1) is 11.8 Å². The van der Waals surface area contributed by atoms with Crippen molar-refractivity contribution in [2.45, 2.75) is 24.7 Å². The number of carbonyl (C=O) groups excluding carboxylic acids is 1. The van der Waals surface area contributed by atoms with Gasteiger partial charge in [0, 0.05) is 28.6 Å². The van der Waals surface area contributed by atoms with E-state index in [-0.39, 0.29) is 5.91 Å². The van der Waals surface area contributed by atoms with E-state index < -0.39 is 0 Å².